The third-order valence-corrected chi connectivity index (χ3v) is 10.1. The van der Waals surface area contributed by atoms with Crippen molar-refractivity contribution in [2.45, 2.75) is 60.3 Å². The van der Waals surface area contributed by atoms with Crippen LogP contribution in [-0.2, 0) is 19.7 Å². The largest absolute Gasteiger partial charge is 0.501 e. The second kappa shape index (κ2) is 11.6. The zero-order chi connectivity index (χ0) is 31.0. The van der Waals surface area contributed by atoms with Crippen LogP contribution in [0.5, 0.6) is 0 Å². The molecule has 0 aliphatic carbocycles. The average molecular weight is 625 g/mol. The van der Waals surface area contributed by atoms with Crippen molar-refractivity contribution in [1.82, 2.24) is 0 Å². The third-order valence-electron chi connectivity index (χ3n) is 7.18. The summed E-state index contributed by atoms with van der Waals surface area (Å²) in [5, 5.41) is 1.06. The molecule has 0 heterocycles. The number of unbranched alkanes of at least 4 members (excludes halogenated alkanes) is 3. The Morgan fingerprint density at radius 3 is 1.22 bits per heavy atom. The van der Waals surface area contributed by atoms with Crippen molar-refractivity contribution < 1.29 is 47.7 Å². The van der Waals surface area contributed by atoms with Crippen LogP contribution in [0.4, 0.5) is 26.3 Å². The molecule has 226 valence electrons. The van der Waals surface area contributed by atoms with E-state index in [1.165, 1.54) is 67.5 Å². The van der Waals surface area contributed by atoms with E-state index in [0.29, 0.717) is 10.8 Å². The molecule has 41 heavy (non-hydrogen) atoms. The number of halogens is 6. The van der Waals surface area contributed by atoms with Crippen molar-refractivity contribution in [3.63, 3.8) is 0 Å². The summed E-state index contributed by atoms with van der Waals surface area (Å²) < 4.78 is 126. The molecule has 5 nitrogen and oxygen atoms in total. The zero-order valence-corrected chi connectivity index (χ0v) is 24.7. The van der Waals surface area contributed by atoms with Gasteiger partial charge >= 0.3 is 11.0 Å². The molecule has 0 N–H and O–H groups in total. The van der Waals surface area contributed by atoms with Crippen LogP contribution in [0, 0.1) is 0 Å². The fourth-order valence-electron chi connectivity index (χ4n) is 4.48. The van der Waals surface area contributed by atoms with Crippen LogP contribution < -0.4 is 0 Å². The number of sulfone groups is 2. The molecule has 13 heteroatoms. The van der Waals surface area contributed by atoms with Gasteiger partial charge in [0.25, 0.3) is 19.7 Å². The summed E-state index contributed by atoms with van der Waals surface area (Å²) in [6.45, 7) is 7.13. The van der Waals surface area contributed by atoms with Gasteiger partial charge in [0.1, 0.15) is 0 Å². The van der Waals surface area contributed by atoms with Gasteiger partial charge < -0.3 is 4.48 Å². The first-order valence-corrected chi connectivity index (χ1v) is 15.9. The van der Waals surface area contributed by atoms with Gasteiger partial charge in [-0.1, -0.05) is 44.0 Å². The zero-order valence-electron chi connectivity index (χ0n) is 23.0. The molecule has 4 aromatic carbocycles. The Labute approximate surface area is 235 Å². The minimum atomic E-state index is -5.61. The van der Waals surface area contributed by atoms with Gasteiger partial charge in [0.2, 0.25) is 0 Å². The van der Waals surface area contributed by atoms with Crippen LogP contribution >= 0.6 is 0 Å². The van der Waals surface area contributed by atoms with E-state index in [1.54, 1.807) is 0 Å². The lowest BCUT2D eigenvalue weighted by molar-refractivity contribution is -0.888. The third kappa shape index (κ3) is 6.72. The lowest BCUT2D eigenvalue weighted by Crippen LogP contribution is -2.39. The van der Waals surface area contributed by atoms with Crippen molar-refractivity contribution >= 4 is 52.0 Å². The Balaban J connectivity index is 0.000000358. The van der Waals surface area contributed by atoms with Crippen LogP contribution in [-0.4, -0.2) is 59.5 Å². The summed E-state index contributed by atoms with van der Waals surface area (Å²) >= 11 is 0. The Morgan fingerprint density at radius 2 is 0.951 bits per heavy atom. The molecule has 0 atom stereocenters. The minimum absolute atomic E-state index is 0.111. The van der Waals surface area contributed by atoms with Crippen molar-refractivity contribution in [2.75, 3.05) is 27.2 Å². The maximum absolute atomic E-state index is 12.9. The summed E-state index contributed by atoms with van der Waals surface area (Å²) in [7, 11) is -6.60. The highest BCUT2D eigenvalue weighted by molar-refractivity contribution is 7.92. The Hall–Kier alpha value is -2.64. The lowest BCUT2D eigenvalue weighted by atomic mass is 9.94. The first kappa shape index (κ1) is 32.9. The quantitative estimate of drug-likeness (QED) is 0.0867. The second-order valence-corrected chi connectivity index (χ2v) is 14.4. The fourth-order valence-corrected chi connectivity index (χ4v) is 6.15. The average Bonchev–Trinajstić information content (AvgIpc) is 2.88. The van der Waals surface area contributed by atoms with Gasteiger partial charge in [-0.25, -0.2) is 16.8 Å². The Kier molecular flexibility index (Phi) is 9.27. The van der Waals surface area contributed by atoms with Crippen LogP contribution in [0.15, 0.2) is 58.3 Å². The Bertz CT molecular complexity index is 1560. The number of nitrogens with zero attached hydrogens (tertiary/aromatic N) is 1. The van der Waals surface area contributed by atoms with Crippen LogP contribution in [0.1, 0.15) is 39.5 Å². The summed E-state index contributed by atoms with van der Waals surface area (Å²) in [6, 6.07) is 8.20. The van der Waals surface area contributed by atoms with Gasteiger partial charge in [-0.05, 0) is 76.3 Å². The highest BCUT2D eigenvalue weighted by atomic mass is 32.2. The van der Waals surface area contributed by atoms with Gasteiger partial charge in [0, 0.05) is 0 Å². The minimum Gasteiger partial charge on any atom is -0.329 e. The van der Waals surface area contributed by atoms with Crippen LogP contribution in [0.2, 0.25) is 0 Å². The summed E-state index contributed by atoms with van der Waals surface area (Å²) in [4.78, 5) is -1.94. The highest BCUT2D eigenvalue weighted by Crippen LogP contribution is 2.41. The molecule has 0 aromatic heterocycles. The molecule has 0 saturated carbocycles. The first-order chi connectivity index (χ1) is 18.8. The van der Waals surface area contributed by atoms with E-state index in [2.05, 4.69) is 27.9 Å². The summed E-state index contributed by atoms with van der Waals surface area (Å²) in [5.41, 5.74) is -11.0. The van der Waals surface area contributed by atoms with Crippen molar-refractivity contribution in [1.29, 1.82) is 0 Å². The van der Waals surface area contributed by atoms with Crippen LogP contribution in [0.25, 0.3) is 32.3 Å². The molecule has 0 saturated heterocycles. The molecule has 0 spiro atoms. The van der Waals surface area contributed by atoms with E-state index in [9.17, 15) is 43.2 Å². The predicted octanol–water partition coefficient (Wildman–Crippen LogP) is 7.83. The van der Waals surface area contributed by atoms with E-state index in [4.69, 9.17) is 0 Å². The smallest absolute Gasteiger partial charge is 0.329 e. The molecule has 4 aromatic rings. The predicted molar refractivity (Wildman–Crippen MR) is 148 cm³/mol. The van der Waals surface area contributed by atoms with Gasteiger partial charge in [-0.2, -0.15) is 26.3 Å². The number of quaternary nitrogens is 1. The summed E-state index contributed by atoms with van der Waals surface area (Å²) in [6.07, 6.45) is 5.57. The van der Waals surface area contributed by atoms with E-state index in [-0.39, 0.29) is 21.5 Å². The van der Waals surface area contributed by atoms with E-state index in [1.807, 2.05) is 0 Å². The van der Waals surface area contributed by atoms with Gasteiger partial charge in [-0.3, -0.25) is 0 Å². The Morgan fingerprint density at radius 1 is 0.610 bits per heavy atom. The molecule has 0 aliphatic heterocycles. The maximum Gasteiger partial charge on any atom is 0.501 e. The highest BCUT2D eigenvalue weighted by Gasteiger charge is 2.48. The molecule has 0 radical (unpaired) electrons. The maximum atomic E-state index is 12.9. The first-order valence-electron chi connectivity index (χ1n) is 12.9. The monoisotopic (exact) mass is 624 g/mol. The molecule has 4 rings (SSSR count). The number of benzene rings is 4. The molecular formula is C28H32F6NO4S2+. The van der Waals surface area contributed by atoms with Gasteiger partial charge in [-0.15, -0.1) is 0 Å². The molecule has 0 fully saturated rings. The number of alkyl halides is 6. The van der Waals surface area contributed by atoms with Gasteiger partial charge in [0.15, 0.2) is 0 Å². The van der Waals surface area contributed by atoms with E-state index < -0.39 is 40.5 Å². The van der Waals surface area contributed by atoms with E-state index >= 15 is 0 Å². The van der Waals surface area contributed by atoms with Crippen molar-refractivity contribution in [3.05, 3.63) is 48.5 Å². The normalized spacial score (nSPS) is 13.6. The van der Waals surface area contributed by atoms with Gasteiger partial charge in [0.05, 0.1) is 37.0 Å². The number of rotatable bonds is 8. The van der Waals surface area contributed by atoms with Crippen molar-refractivity contribution in [2.24, 2.45) is 0 Å². The fraction of sp³-hybridized carbons (Fsp3) is 0.429. The summed E-state index contributed by atoms with van der Waals surface area (Å²) in [5.74, 6) is 0. The number of hydrogen-bond donors (Lipinski definition) is 0. The SMILES string of the molecule is CCCCCC[N+](C)(C)CC.O=S(=O)(c1cc2ccc3cc(S(=O)(=O)C(F)(F)F)cc4ccc(c1)c2c34)C(F)(F)F. The van der Waals surface area contributed by atoms with E-state index in [0.717, 1.165) is 24.3 Å². The molecule has 0 bridgehead atoms. The van der Waals surface area contributed by atoms with Crippen LogP contribution in [0.3, 0.4) is 0 Å². The molecular weight excluding hydrogens is 592 g/mol. The second-order valence-electron chi connectivity index (χ2n) is 10.6. The topological polar surface area (TPSA) is 68.3 Å². The lowest BCUT2D eigenvalue weighted by Gasteiger charge is -2.28. The standard InChI is InChI=1S/C18H8F6O4S2.C10H24N/c19-17(20,21)29(25,26)13-5-9-1-2-10-6-14(30(27,28)18(22,23)24)8-12-4-3-11(7-13)15(9)16(10)12;1-5-7-8-9-10-11(3,4)6-2/h1-8H;5-10H2,1-4H3/q;+1. The number of hydrogen-bond acceptors (Lipinski definition) is 4. The molecule has 0 amide bonds. The molecule has 0 unspecified atom stereocenters. The van der Waals surface area contributed by atoms with Crippen molar-refractivity contribution in [3.8, 4) is 0 Å². The molecule has 0 aliphatic rings.